The number of Topliss-reactive ketones (excluding diaryl/α,β-unsaturated/α-hetero) is 1. The van der Waals surface area contributed by atoms with Gasteiger partial charge in [0.1, 0.15) is 0 Å². The molecular weight excluding hydrogens is 404 g/mol. The lowest BCUT2D eigenvalue weighted by molar-refractivity contribution is 0.0937. The van der Waals surface area contributed by atoms with E-state index in [0.717, 1.165) is 19.4 Å². The highest BCUT2D eigenvalue weighted by Gasteiger charge is 2.21. The minimum Gasteiger partial charge on any atom is -0.376 e. The van der Waals surface area contributed by atoms with Crippen LogP contribution >= 0.6 is 34.7 Å². The Labute approximate surface area is 169 Å². The van der Waals surface area contributed by atoms with E-state index in [4.69, 9.17) is 16.3 Å². The number of thioether (sulfide) groups is 1. The number of hydrogen-bond acceptors (Lipinski definition) is 6. The number of ether oxygens (including phenoxy) is 1. The Balaban J connectivity index is 1.64. The first-order valence-corrected chi connectivity index (χ1v) is 10.8. The third-order valence-electron chi connectivity index (χ3n) is 4.42. The molecule has 0 bridgehead atoms. The number of aromatic nitrogens is 2. The SMILES string of the molecule is O=C(CSc1nc2ccccc2c(=O)n1CC1CCCO1)c1ccc(Cl)s1. The van der Waals surface area contributed by atoms with Crippen molar-refractivity contribution in [2.24, 2.45) is 0 Å². The van der Waals surface area contributed by atoms with E-state index in [1.54, 1.807) is 22.8 Å². The van der Waals surface area contributed by atoms with Crippen molar-refractivity contribution in [3.63, 3.8) is 0 Å². The molecule has 0 amide bonds. The van der Waals surface area contributed by atoms with Gasteiger partial charge in [0, 0.05) is 6.61 Å². The van der Waals surface area contributed by atoms with Crippen molar-refractivity contribution in [3.05, 3.63) is 56.0 Å². The van der Waals surface area contributed by atoms with Crippen LogP contribution in [0.4, 0.5) is 0 Å². The molecule has 27 heavy (non-hydrogen) atoms. The summed E-state index contributed by atoms with van der Waals surface area (Å²) in [5.41, 5.74) is 0.547. The zero-order valence-electron chi connectivity index (χ0n) is 14.4. The van der Waals surface area contributed by atoms with Crippen molar-refractivity contribution in [2.45, 2.75) is 30.6 Å². The molecule has 0 N–H and O–H groups in total. The number of para-hydroxylation sites is 1. The summed E-state index contributed by atoms with van der Waals surface area (Å²) in [5.74, 6) is 0.177. The molecule has 1 aliphatic heterocycles. The Morgan fingerprint density at radius 1 is 1.33 bits per heavy atom. The number of ketones is 1. The molecule has 0 radical (unpaired) electrons. The highest BCUT2D eigenvalue weighted by atomic mass is 35.5. The van der Waals surface area contributed by atoms with E-state index >= 15 is 0 Å². The van der Waals surface area contributed by atoms with Crippen LogP contribution < -0.4 is 5.56 Å². The van der Waals surface area contributed by atoms with E-state index in [1.807, 2.05) is 18.2 Å². The molecule has 140 valence electrons. The Hall–Kier alpha value is -1.67. The maximum Gasteiger partial charge on any atom is 0.262 e. The predicted molar refractivity (Wildman–Crippen MR) is 109 cm³/mol. The standard InChI is InChI=1S/C19H17ClN2O3S2/c20-17-8-7-16(27-17)15(23)11-26-19-21-14-6-2-1-5-13(14)18(24)22(19)10-12-4-3-9-25-12/h1-2,5-8,12H,3-4,9-11H2. The summed E-state index contributed by atoms with van der Waals surface area (Å²) < 4.78 is 7.94. The van der Waals surface area contributed by atoms with Crippen molar-refractivity contribution in [2.75, 3.05) is 12.4 Å². The highest BCUT2D eigenvalue weighted by Crippen LogP contribution is 2.25. The van der Waals surface area contributed by atoms with Gasteiger partial charge in [-0.2, -0.15) is 0 Å². The molecule has 1 fully saturated rings. The van der Waals surface area contributed by atoms with Gasteiger partial charge in [-0.1, -0.05) is 35.5 Å². The van der Waals surface area contributed by atoms with Gasteiger partial charge in [0.15, 0.2) is 10.9 Å². The third-order valence-corrected chi connectivity index (χ3v) is 6.67. The molecule has 0 spiro atoms. The van der Waals surface area contributed by atoms with Crippen LogP contribution in [0.3, 0.4) is 0 Å². The first-order valence-electron chi connectivity index (χ1n) is 8.64. The van der Waals surface area contributed by atoms with Gasteiger partial charge in [0.05, 0.1) is 38.5 Å². The summed E-state index contributed by atoms with van der Waals surface area (Å²) in [5, 5.41) is 1.13. The highest BCUT2D eigenvalue weighted by molar-refractivity contribution is 7.99. The minimum atomic E-state index is -0.0924. The van der Waals surface area contributed by atoms with Gasteiger partial charge in [-0.25, -0.2) is 4.98 Å². The van der Waals surface area contributed by atoms with Crippen molar-refractivity contribution >= 4 is 51.4 Å². The fourth-order valence-electron chi connectivity index (χ4n) is 3.08. The maximum atomic E-state index is 13.0. The Kier molecular flexibility index (Phi) is 5.63. The maximum absolute atomic E-state index is 13.0. The normalized spacial score (nSPS) is 16.9. The van der Waals surface area contributed by atoms with Crippen LogP contribution in [-0.2, 0) is 11.3 Å². The van der Waals surface area contributed by atoms with Crippen LogP contribution in [0.25, 0.3) is 10.9 Å². The fraction of sp³-hybridized carbons (Fsp3) is 0.316. The third kappa shape index (κ3) is 4.11. The monoisotopic (exact) mass is 420 g/mol. The molecule has 5 nitrogen and oxygen atoms in total. The van der Waals surface area contributed by atoms with Gasteiger partial charge < -0.3 is 4.74 Å². The van der Waals surface area contributed by atoms with Gasteiger partial charge in [-0.05, 0) is 37.1 Å². The number of hydrogen-bond donors (Lipinski definition) is 0. The van der Waals surface area contributed by atoms with Gasteiger partial charge >= 0.3 is 0 Å². The molecule has 3 aromatic rings. The van der Waals surface area contributed by atoms with Gasteiger partial charge in [-0.15, -0.1) is 11.3 Å². The summed E-state index contributed by atoms with van der Waals surface area (Å²) in [6.45, 7) is 1.18. The smallest absolute Gasteiger partial charge is 0.262 e. The van der Waals surface area contributed by atoms with Gasteiger partial charge in [0.2, 0.25) is 0 Å². The average molecular weight is 421 g/mol. The van der Waals surface area contributed by atoms with Crippen molar-refractivity contribution in [1.29, 1.82) is 0 Å². The van der Waals surface area contributed by atoms with E-state index in [2.05, 4.69) is 4.98 Å². The van der Waals surface area contributed by atoms with Crippen LogP contribution in [0.1, 0.15) is 22.5 Å². The zero-order valence-corrected chi connectivity index (χ0v) is 16.8. The largest absolute Gasteiger partial charge is 0.376 e. The Morgan fingerprint density at radius 3 is 2.93 bits per heavy atom. The number of nitrogens with zero attached hydrogens (tertiary/aromatic N) is 2. The van der Waals surface area contributed by atoms with Gasteiger partial charge in [0.25, 0.3) is 5.56 Å². The molecule has 1 aliphatic rings. The first-order chi connectivity index (χ1) is 13.1. The molecule has 3 heterocycles. The molecule has 1 saturated heterocycles. The second-order valence-corrected chi connectivity index (χ2v) is 8.94. The zero-order chi connectivity index (χ0) is 18.8. The lowest BCUT2D eigenvalue weighted by atomic mass is 10.2. The van der Waals surface area contributed by atoms with E-state index in [9.17, 15) is 9.59 Å². The number of halogens is 1. The van der Waals surface area contributed by atoms with Crippen LogP contribution in [0.5, 0.6) is 0 Å². The van der Waals surface area contributed by atoms with E-state index in [0.29, 0.717) is 31.8 Å². The molecule has 2 aromatic heterocycles. The Bertz CT molecular complexity index is 1040. The molecule has 1 aromatic carbocycles. The van der Waals surface area contributed by atoms with Gasteiger partial charge in [-0.3, -0.25) is 14.2 Å². The predicted octanol–water partition coefficient (Wildman–Crippen LogP) is 4.27. The van der Waals surface area contributed by atoms with Crippen LogP contribution in [0, 0.1) is 0 Å². The average Bonchev–Trinajstić information content (AvgIpc) is 3.34. The van der Waals surface area contributed by atoms with Crippen LogP contribution in [0.2, 0.25) is 4.34 Å². The second-order valence-electron chi connectivity index (χ2n) is 6.28. The molecule has 1 atom stereocenters. The summed E-state index contributed by atoms with van der Waals surface area (Å²) in [7, 11) is 0. The van der Waals surface area contributed by atoms with Crippen molar-refractivity contribution < 1.29 is 9.53 Å². The lowest BCUT2D eigenvalue weighted by Crippen LogP contribution is -2.29. The minimum absolute atomic E-state index is 0.0109. The first kappa shape index (κ1) is 18.7. The Morgan fingerprint density at radius 2 is 2.19 bits per heavy atom. The molecule has 0 aliphatic carbocycles. The number of benzene rings is 1. The summed E-state index contributed by atoms with van der Waals surface area (Å²) in [6.07, 6.45) is 1.94. The number of carbonyl (C=O) groups is 1. The molecule has 0 saturated carbocycles. The van der Waals surface area contributed by atoms with Crippen LogP contribution in [0.15, 0.2) is 46.3 Å². The number of carbonyl (C=O) groups excluding carboxylic acids is 1. The molecular formula is C19H17ClN2O3S2. The van der Waals surface area contributed by atoms with Crippen molar-refractivity contribution in [3.8, 4) is 0 Å². The van der Waals surface area contributed by atoms with Crippen LogP contribution in [-0.4, -0.2) is 33.8 Å². The number of thiophene rings is 1. The van der Waals surface area contributed by atoms with E-state index in [-0.39, 0.29) is 23.2 Å². The summed E-state index contributed by atoms with van der Waals surface area (Å²) >= 11 is 8.46. The van der Waals surface area contributed by atoms with E-state index < -0.39 is 0 Å². The number of rotatable bonds is 6. The topological polar surface area (TPSA) is 61.2 Å². The lowest BCUT2D eigenvalue weighted by Gasteiger charge is -2.16. The van der Waals surface area contributed by atoms with E-state index in [1.165, 1.54) is 23.1 Å². The summed E-state index contributed by atoms with van der Waals surface area (Å²) in [6, 6.07) is 10.7. The second kappa shape index (κ2) is 8.14. The number of fused-ring (bicyclic) bond motifs is 1. The van der Waals surface area contributed by atoms with Crippen molar-refractivity contribution in [1.82, 2.24) is 9.55 Å². The fourth-order valence-corrected chi connectivity index (χ4v) is 5.04. The quantitative estimate of drug-likeness (QED) is 0.338. The molecule has 8 heteroatoms. The summed E-state index contributed by atoms with van der Waals surface area (Å²) in [4.78, 5) is 30.7. The molecule has 4 rings (SSSR count). The molecule has 1 unspecified atom stereocenters.